The molecule has 4 aromatic heterocycles. The fraction of sp³-hybridized carbons (Fsp3) is 0.148. The maximum absolute atomic E-state index is 15.4. The molecule has 0 saturated carbocycles. The molecule has 5 rings (SSSR count). The van der Waals surface area contributed by atoms with Crippen LogP contribution in [0.3, 0.4) is 0 Å². The van der Waals surface area contributed by atoms with Crippen molar-refractivity contribution in [1.29, 1.82) is 0 Å². The van der Waals surface area contributed by atoms with Gasteiger partial charge in [0, 0.05) is 42.2 Å². The van der Waals surface area contributed by atoms with Crippen molar-refractivity contribution in [2.24, 2.45) is 7.05 Å². The highest BCUT2D eigenvalue weighted by molar-refractivity contribution is 6.05. The van der Waals surface area contributed by atoms with Crippen molar-refractivity contribution in [2.75, 3.05) is 7.11 Å². The molecule has 9 nitrogen and oxygen atoms in total. The van der Waals surface area contributed by atoms with Crippen LogP contribution in [0.25, 0.3) is 33.4 Å². The molecule has 184 valence electrons. The maximum Gasteiger partial charge on any atom is 0.322 e. The second-order valence-electron chi connectivity index (χ2n) is 8.17. The first-order valence-electron chi connectivity index (χ1n) is 11.2. The lowest BCUT2D eigenvalue weighted by molar-refractivity contribution is 0.410. The lowest BCUT2D eigenvalue weighted by atomic mass is 9.98. The number of aromatic nitrogens is 6. The Kier molecular flexibility index (Phi) is 6.11. The number of ether oxygens (including phenoxy) is 2. The molecule has 0 atom stereocenters. The lowest BCUT2D eigenvalue weighted by Gasteiger charge is -2.13. The number of hydrogen-bond donors (Lipinski definition) is 1. The molecule has 0 aliphatic carbocycles. The minimum Gasteiger partial charge on any atom is -0.496 e. The topological polar surface area (TPSA) is 108 Å². The molecule has 10 heteroatoms. The Balaban J connectivity index is 1.72. The predicted molar refractivity (Wildman–Crippen MR) is 134 cm³/mol. The molecule has 0 saturated heterocycles. The normalized spacial score (nSPS) is 10.7. The van der Waals surface area contributed by atoms with Gasteiger partial charge in [-0.15, -0.1) is 0 Å². The molecule has 0 spiro atoms. The van der Waals surface area contributed by atoms with Crippen molar-refractivity contribution in [2.45, 2.75) is 13.8 Å². The predicted octanol–water partition coefficient (Wildman–Crippen LogP) is 4.73. The summed E-state index contributed by atoms with van der Waals surface area (Å²) in [7, 11) is 3.39. The van der Waals surface area contributed by atoms with Crippen LogP contribution in [0.4, 0.5) is 4.39 Å². The first kappa shape index (κ1) is 23.7. The van der Waals surface area contributed by atoms with E-state index in [1.54, 1.807) is 37.5 Å². The molecule has 0 unspecified atom stereocenters. The number of aliphatic hydroxyl groups is 1. The fourth-order valence-electron chi connectivity index (χ4n) is 4.22. The summed E-state index contributed by atoms with van der Waals surface area (Å²) < 4.78 is 28.5. The van der Waals surface area contributed by atoms with E-state index in [4.69, 9.17) is 14.6 Å². The first-order valence-corrected chi connectivity index (χ1v) is 11.2. The Morgan fingerprint density at radius 2 is 1.86 bits per heavy atom. The van der Waals surface area contributed by atoms with E-state index in [1.807, 2.05) is 24.6 Å². The van der Waals surface area contributed by atoms with Crippen LogP contribution in [0.5, 0.6) is 17.5 Å². The van der Waals surface area contributed by atoms with Gasteiger partial charge in [-0.05, 0) is 43.5 Å². The third-order valence-electron chi connectivity index (χ3n) is 5.88. The summed E-state index contributed by atoms with van der Waals surface area (Å²) in [4.78, 5) is 21.4. The number of aliphatic hydroxyl groups excluding tert-OH is 1. The molecule has 1 aromatic carbocycles. The van der Waals surface area contributed by atoms with E-state index in [0.717, 1.165) is 11.1 Å². The van der Waals surface area contributed by atoms with Crippen LogP contribution in [0.1, 0.15) is 17.1 Å². The minimum absolute atomic E-state index is 0.00436. The Morgan fingerprint density at radius 3 is 2.59 bits per heavy atom. The van der Waals surface area contributed by atoms with E-state index in [1.165, 1.54) is 25.6 Å². The number of benzene rings is 1. The average molecular weight is 497 g/mol. The Hall–Kier alpha value is -5.04. The van der Waals surface area contributed by atoms with Crippen LogP contribution in [0.2, 0.25) is 0 Å². The highest BCUT2D eigenvalue weighted by Crippen LogP contribution is 2.44. The zero-order chi connectivity index (χ0) is 26.1. The van der Waals surface area contributed by atoms with Gasteiger partial charge in [-0.25, -0.2) is 29.3 Å². The third kappa shape index (κ3) is 4.27. The fourth-order valence-corrected chi connectivity index (χ4v) is 4.22. The Bertz CT molecular complexity index is 1720. The number of methoxy groups -OCH3 is 1. The zero-order valence-electron chi connectivity index (χ0n) is 20.4. The van der Waals surface area contributed by atoms with Gasteiger partial charge in [0.15, 0.2) is 11.6 Å². The number of fused-ring (bicyclic) bond motifs is 1. The Morgan fingerprint density at radius 1 is 1.03 bits per heavy atom. The molecule has 37 heavy (non-hydrogen) atoms. The molecular formula is C27H21FN6O3. The number of halogens is 1. The van der Waals surface area contributed by atoms with Gasteiger partial charge in [0.1, 0.15) is 29.5 Å². The van der Waals surface area contributed by atoms with Crippen LogP contribution in [-0.4, -0.2) is 41.7 Å². The second-order valence-corrected chi connectivity index (χ2v) is 8.17. The first-order chi connectivity index (χ1) is 17.9. The highest BCUT2D eigenvalue weighted by atomic mass is 19.1. The molecule has 0 bridgehead atoms. The molecule has 0 fully saturated rings. The zero-order valence-corrected chi connectivity index (χ0v) is 20.4. The van der Waals surface area contributed by atoms with Crippen LogP contribution in [0, 0.1) is 31.7 Å². The standard InChI is InChI=1S/C27H21FN6O3/c1-15-7-9-29-27(33-15)37-21-6-5-17(11-20(21)28)24-23-16(2)31-14-32-26(23)34(3)25(24)19-13-30-18(8-10-35)12-22(19)36-4/h5-7,9,11-14,35H,1-4H3. The summed E-state index contributed by atoms with van der Waals surface area (Å²) >= 11 is 0. The SMILES string of the molecule is COc1cc(C#CO)ncc1-c1c(-c2ccc(Oc3nccc(C)n3)c(F)c2)c2c(C)ncnc2n1C. The van der Waals surface area contributed by atoms with Gasteiger partial charge >= 0.3 is 6.01 Å². The molecule has 0 aliphatic heterocycles. The van der Waals surface area contributed by atoms with E-state index >= 15 is 4.39 Å². The van der Waals surface area contributed by atoms with Crippen molar-refractivity contribution in [3.63, 3.8) is 0 Å². The van der Waals surface area contributed by atoms with Gasteiger partial charge in [-0.1, -0.05) is 6.07 Å². The highest BCUT2D eigenvalue weighted by Gasteiger charge is 2.25. The van der Waals surface area contributed by atoms with Crippen molar-refractivity contribution >= 4 is 11.0 Å². The Labute approximate surface area is 211 Å². The van der Waals surface area contributed by atoms with Crippen LogP contribution < -0.4 is 9.47 Å². The van der Waals surface area contributed by atoms with Gasteiger partial charge in [-0.3, -0.25) is 0 Å². The van der Waals surface area contributed by atoms with E-state index in [9.17, 15) is 0 Å². The summed E-state index contributed by atoms with van der Waals surface area (Å²) in [5, 5.41) is 9.73. The second kappa shape index (κ2) is 9.54. The monoisotopic (exact) mass is 496 g/mol. The van der Waals surface area contributed by atoms with E-state index < -0.39 is 5.82 Å². The minimum atomic E-state index is -0.585. The number of hydrogen-bond acceptors (Lipinski definition) is 8. The summed E-state index contributed by atoms with van der Waals surface area (Å²) in [5.74, 6) is 2.39. The van der Waals surface area contributed by atoms with Gasteiger partial charge in [-0.2, -0.15) is 0 Å². The summed E-state index contributed by atoms with van der Waals surface area (Å²) in [5.41, 5.74) is 5.04. The van der Waals surface area contributed by atoms with E-state index in [-0.39, 0.29) is 11.8 Å². The van der Waals surface area contributed by atoms with Gasteiger partial charge < -0.3 is 19.1 Å². The number of pyridine rings is 1. The van der Waals surface area contributed by atoms with Crippen molar-refractivity contribution < 1.29 is 19.0 Å². The van der Waals surface area contributed by atoms with Crippen molar-refractivity contribution in [1.82, 2.24) is 29.5 Å². The smallest absolute Gasteiger partial charge is 0.322 e. The van der Waals surface area contributed by atoms with E-state index in [0.29, 0.717) is 45.2 Å². The molecule has 5 aromatic rings. The van der Waals surface area contributed by atoms with Crippen molar-refractivity contribution in [3.8, 4) is 51.9 Å². The molecule has 4 heterocycles. The quantitative estimate of drug-likeness (QED) is 0.348. The van der Waals surface area contributed by atoms with Gasteiger partial charge in [0.25, 0.3) is 0 Å². The van der Waals surface area contributed by atoms with Crippen molar-refractivity contribution in [3.05, 3.63) is 72.0 Å². The maximum atomic E-state index is 15.4. The summed E-state index contributed by atoms with van der Waals surface area (Å²) in [6.45, 7) is 3.67. The van der Waals surface area contributed by atoms with Crippen LogP contribution in [-0.2, 0) is 7.05 Å². The summed E-state index contributed by atoms with van der Waals surface area (Å²) in [6.07, 6.45) is 6.48. The van der Waals surface area contributed by atoms with Gasteiger partial charge in [0.2, 0.25) is 0 Å². The average Bonchev–Trinajstić information content (AvgIpc) is 3.19. The number of aryl methyl sites for hydroxylation is 3. The molecule has 0 radical (unpaired) electrons. The molecule has 0 aliphatic rings. The number of nitrogens with zero attached hydrogens (tertiary/aromatic N) is 6. The lowest BCUT2D eigenvalue weighted by Crippen LogP contribution is -1.99. The largest absolute Gasteiger partial charge is 0.496 e. The number of rotatable bonds is 5. The molecule has 1 N–H and O–H groups in total. The van der Waals surface area contributed by atoms with Gasteiger partial charge in [0.05, 0.1) is 24.1 Å². The van der Waals surface area contributed by atoms with Crippen LogP contribution >= 0.6 is 0 Å². The van der Waals surface area contributed by atoms with E-state index in [2.05, 4.69) is 30.8 Å². The third-order valence-corrected chi connectivity index (χ3v) is 5.88. The van der Waals surface area contributed by atoms with Crippen LogP contribution in [0.15, 0.2) is 49.1 Å². The summed E-state index contributed by atoms with van der Waals surface area (Å²) in [6, 6.07) is 8.09. The molecular weight excluding hydrogens is 475 g/mol. The molecule has 0 amide bonds.